The molecule has 0 atom stereocenters. The Bertz CT molecular complexity index is 363. The smallest absolute Gasteiger partial charge is 0.233 e. The molecule has 0 spiro atoms. The van der Waals surface area contributed by atoms with Crippen molar-refractivity contribution in [2.75, 3.05) is 17.6 Å². The van der Waals surface area contributed by atoms with Crippen LogP contribution in [0.2, 0.25) is 0 Å². The van der Waals surface area contributed by atoms with Crippen LogP contribution in [0.25, 0.3) is 0 Å². The van der Waals surface area contributed by atoms with Gasteiger partial charge in [-0.2, -0.15) is 9.36 Å². The van der Waals surface area contributed by atoms with Crippen LogP contribution < -0.4 is 16.4 Å². The maximum absolute atomic E-state index is 11.3. The Morgan fingerprint density at radius 3 is 3.00 bits per heavy atom. The summed E-state index contributed by atoms with van der Waals surface area (Å²) in [6, 6.07) is 0.448. The number of nitrogen functional groups attached to an aromatic ring is 1. The van der Waals surface area contributed by atoms with Gasteiger partial charge in [-0.05, 0) is 19.3 Å². The van der Waals surface area contributed by atoms with Gasteiger partial charge in [-0.15, -0.1) is 0 Å². The number of nitrogens with zero attached hydrogens (tertiary/aromatic N) is 2. The minimum Gasteiger partial charge on any atom is -0.367 e. The Labute approximate surface area is 97.8 Å². The van der Waals surface area contributed by atoms with E-state index >= 15 is 0 Å². The van der Waals surface area contributed by atoms with E-state index in [1.54, 1.807) is 0 Å². The molecule has 1 aromatic heterocycles. The molecule has 1 amide bonds. The first-order valence-corrected chi connectivity index (χ1v) is 6.14. The highest BCUT2D eigenvalue weighted by Gasteiger charge is 2.22. The lowest BCUT2D eigenvalue weighted by Crippen LogP contribution is -2.25. The van der Waals surface area contributed by atoms with Crippen LogP contribution in [-0.2, 0) is 4.79 Å². The van der Waals surface area contributed by atoms with Gasteiger partial charge >= 0.3 is 0 Å². The molecule has 88 valence electrons. The van der Waals surface area contributed by atoms with Gasteiger partial charge in [0.05, 0.1) is 0 Å². The molecule has 0 radical (unpaired) electrons. The molecule has 1 heterocycles. The van der Waals surface area contributed by atoms with Crippen LogP contribution in [-0.4, -0.2) is 27.9 Å². The molecule has 0 unspecified atom stereocenters. The van der Waals surface area contributed by atoms with Gasteiger partial charge in [0.25, 0.3) is 0 Å². The third-order valence-corrected chi connectivity index (χ3v) is 2.93. The summed E-state index contributed by atoms with van der Waals surface area (Å²) in [6.07, 6.45) is 3.61. The average molecular weight is 241 g/mol. The van der Waals surface area contributed by atoms with Gasteiger partial charge in [0, 0.05) is 30.5 Å². The predicted molar refractivity (Wildman–Crippen MR) is 63.2 cm³/mol. The topological polar surface area (TPSA) is 92.9 Å². The highest BCUT2D eigenvalue weighted by Crippen LogP contribution is 2.18. The highest BCUT2D eigenvalue weighted by atomic mass is 32.1. The molecule has 6 nitrogen and oxygen atoms in total. The number of anilines is 2. The van der Waals surface area contributed by atoms with Crippen molar-refractivity contribution in [2.24, 2.45) is 0 Å². The second-order valence-electron chi connectivity index (χ2n) is 3.83. The van der Waals surface area contributed by atoms with Gasteiger partial charge in [0.2, 0.25) is 17.0 Å². The fourth-order valence-corrected chi connectivity index (χ4v) is 1.80. The second-order valence-corrected chi connectivity index (χ2v) is 4.58. The fourth-order valence-electron chi connectivity index (χ4n) is 1.28. The van der Waals surface area contributed by atoms with Crippen molar-refractivity contribution in [3.05, 3.63) is 0 Å². The Kier molecular flexibility index (Phi) is 3.55. The van der Waals surface area contributed by atoms with Gasteiger partial charge in [-0.3, -0.25) is 4.79 Å². The van der Waals surface area contributed by atoms with Crippen molar-refractivity contribution in [1.82, 2.24) is 14.7 Å². The van der Waals surface area contributed by atoms with E-state index in [4.69, 9.17) is 5.73 Å². The quantitative estimate of drug-likeness (QED) is 0.634. The fraction of sp³-hybridized carbons (Fsp3) is 0.667. The van der Waals surface area contributed by atoms with Crippen LogP contribution in [0.3, 0.4) is 0 Å². The second kappa shape index (κ2) is 5.11. The van der Waals surface area contributed by atoms with E-state index in [0.717, 1.165) is 19.3 Å². The Balaban J connectivity index is 1.55. The minimum atomic E-state index is 0.140. The van der Waals surface area contributed by atoms with Gasteiger partial charge in [0.15, 0.2) is 0 Å². The first-order chi connectivity index (χ1) is 7.74. The largest absolute Gasteiger partial charge is 0.367 e. The molecule has 2 rings (SSSR count). The van der Waals surface area contributed by atoms with Crippen molar-refractivity contribution in [3.8, 4) is 0 Å². The highest BCUT2D eigenvalue weighted by molar-refractivity contribution is 7.09. The number of carbonyl (C=O) groups excluding carboxylic acids is 1. The number of rotatable bonds is 6. The summed E-state index contributed by atoms with van der Waals surface area (Å²) in [4.78, 5) is 15.3. The van der Waals surface area contributed by atoms with Crippen LogP contribution in [0, 0.1) is 0 Å². The van der Waals surface area contributed by atoms with Crippen LogP contribution in [0.1, 0.15) is 25.7 Å². The lowest BCUT2D eigenvalue weighted by Gasteiger charge is -2.03. The number of nitrogens with one attached hydrogen (secondary N) is 2. The number of carbonyl (C=O) groups is 1. The van der Waals surface area contributed by atoms with Crippen LogP contribution in [0.5, 0.6) is 0 Å². The summed E-state index contributed by atoms with van der Waals surface area (Å²) in [5.41, 5.74) is 5.38. The summed E-state index contributed by atoms with van der Waals surface area (Å²) >= 11 is 1.23. The Morgan fingerprint density at radius 2 is 2.38 bits per heavy atom. The lowest BCUT2D eigenvalue weighted by atomic mass is 10.3. The van der Waals surface area contributed by atoms with E-state index in [1.165, 1.54) is 11.5 Å². The molecule has 0 aromatic carbocycles. The van der Waals surface area contributed by atoms with Crippen molar-refractivity contribution < 1.29 is 4.79 Å². The third kappa shape index (κ3) is 3.65. The van der Waals surface area contributed by atoms with E-state index < -0.39 is 0 Å². The molecule has 0 aliphatic heterocycles. The van der Waals surface area contributed by atoms with Crippen molar-refractivity contribution >= 4 is 28.5 Å². The van der Waals surface area contributed by atoms with Crippen LogP contribution >= 0.6 is 11.5 Å². The summed E-state index contributed by atoms with van der Waals surface area (Å²) in [5, 5.41) is 6.73. The summed E-state index contributed by atoms with van der Waals surface area (Å²) in [7, 11) is 0. The number of hydrogen-bond acceptors (Lipinski definition) is 6. The zero-order chi connectivity index (χ0) is 11.4. The van der Waals surface area contributed by atoms with Gasteiger partial charge in [-0.25, -0.2) is 0 Å². The van der Waals surface area contributed by atoms with Crippen molar-refractivity contribution in [1.29, 1.82) is 0 Å². The molecule has 4 N–H and O–H groups in total. The number of aromatic nitrogens is 2. The summed E-state index contributed by atoms with van der Waals surface area (Å²) in [6.45, 7) is 0.715. The molecule has 1 aliphatic rings. The molecule has 1 saturated carbocycles. The molecule has 16 heavy (non-hydrogen) atoms. The van der Waals surface area contributed by atoms with E-state index in [1.807, 2.05) is 0 Å². The molecule has 7 heteroatoms. The van der Waals surface area contributed by atoms with Gasteiger partial charge < -0.3 is 16.4 Å². The van der Waals surface area contributed by atoms with E-state index in [-0.39, 0.29) is 5.91 Å². The zero-order valence-electron chi connectivity index (χ0n) is 8.90. The summed E-state index contributed by atoms with van der Waals surface area (Å²) < 4.78 is 3.84. The van der Waals surface area contributed by atoms with E-state index in [0.29, 0.717) is 30.1 Å². The first kappa shape index (κ1) is 11.1. The number of nitrogens with two attached hydrogens (primary N) is 1. The normalized spacial score (nSPS) is 14.8. The zero-order valence-corrected chi connectivity index (χ0v) is 9.72. The average Bonchev–Trinajstić information content (AvgIpc) is 2.95. The third-order valence-electron chi connectivity index (χ3n) is 2.24. The Hall–Kier alpha value is -1.37. The Morgan fingerprint density at radius 1 is 1.56 bits per heavy atom. The van der Waals surface area contributed by atoms with Crippen molar-refractivity contribution in [3.63, 3.8) is 0 Å². The maximum Gasteiger partial charge on any atom is 0.233 e. The first-order valence-electron chi connectivity index (χ1n) is 5.36. The van der Waals surface area contributed by atoms with Gasteiger partial charge in [0.1, 0.15) is 0 Å². The van der Waals surface area contributed by atoms with Crippen LogP contribution in [0.4, 0.5) is 11.1 Å². The van der Waals surface area contributed by atoms with E-state index in [9.17, 15) is 4.79 Å². The molecule has 0 saturated heterocycles. The lowest BCUT2D eigenvalue weighted by molar-refractivity contribution is -0.121. The monoisotopic (exact) mass is 241 g/mol. The number of amides is 1. The van der Waals surface area contributed by atoms with E-state index in [2.05, 4.69) is 20.0 Å². The maximum atomic E-state index is 11.3. The molecular formula is C9H15N5OS. The predicted octanol–water partition coefficient (Wildman–Crippen LogP) is 0.591. The standard InChI is InChI=1S/C9H15N5OS/c10-8-13-9(16-14-8)11-5-1-2-7(15)12-6-3-4-6/h6H,1-5H2,(H,12,15)(H3,10,11,13,14). The summed E-state index contributed by atoms with van der Waals surface area (Å²) in [5.74, 6) is 0.431. The molecule has 1 fully saturated rings. The molecular weight excluding hydrogens is 226 g/mol. The molecule has 0 bridgehead atoms. The van der Waals surface area contributed by atoms with Crippen LogP contribution in [0.15, 0.2) is 0 Å². The SMILES string of the molecule is Nc1nsc(NCCCC(=O)NC2CC2)n1. The van der Waals surface area contributed by atoms with Crippen molar-refractivity contribution in [2.45, 2.75) is 31.7 Å². The minimum absolute atomic E-state index is 0.140. The van der Waals surface area contributed by atoms with Gasteiger partial charge in [-0.1, -0.05) is 0 Å². The number of hydrogen-bond donors (Lipinski definition) is 3. The molecule has 1 aromatic rings. The molecule has 1 aliphatic carbocycles.